The van der Waals surface area contributed by atoms with E-state index >= 15 is 0 Å². The Morgan fingerprint density at radius 2 is 1.78 bits per heavy atom. The number of rotatable bonds is 2. The van der Waals surface area contributed by atoms with E-state index in [2.05, 4.69) is 15.9 Å². The zero-order valence-electron chi connectivity index (χ0n) is 10.4. The summed E-state index contributed by atoms with van der Waals surface area (Å²) in [6.45, 7) is 3.46. The van der Waals surface area contributed by atoms with Crippen molar-refractivity contribution in [1.82, 2.24) is 4.90 Å². The van der Waals surface area contributed by atoms with Crippen LogP contribution in [0.5, 0.6) is 0 Å². The molecule has 1 aliphatic rings. The van der Waals surface area contributed by atoms with E-state index < -0.39 is 5.54 Å². The number of hydrogen-bond donors (Lipinski definition) is 1. The molecule has 0 bridgehead atoms. The number of amides is 1. The van der Waals surface area contributed by atoms with Crippen LogP contribution in [0.25, 0.3) is 0 Å². The Hall–Kier alpha value is -0.580. The predicted octanol–water partition coefficient (Wildman–Crippen LogP) is 2.67. The summed E-state index contributed by atoms with van der Waals surface area (Å²) in [4.78, 5) is 14.2. The van der Waals surface area contributed by atoms with Gasteiger partial charge in [0.1, 0.15) is 5.54 Å². The quantitative estimate of drug-likeness (QED) is 0.904. The third kappa shape index (κ3) is 3.05. The zero-order chi connectivity index (χ0) is 12.5. The molecule has 1 aromatic carbocycles. The highest BCUT2D eigenvalue weighted by Gasteiger charge is 2.35. The Labute approximate surface area is 122 Å². The highest BCUT2D eigenvalue weighted by atomic mass is 79.9. The molecule has 3 nitrogen and oxygen atoms in total. The normalized spacial score (nSPS) is 18.1. The molecule has 1 atom stereocenters. The summed E-state index contributed by atoms with van der Waals surface area (Å²) in [6, 6.07) is 7.63. The second kappa shape index (κ2) is 6.04. The van der Waals surface area contributed by atoms with E-state index in [-0.39, 0.29) is 18.3 Å². The second-order valence-corrected chi connectivity index (χ2v) is 5.62. The summed E-state index contributed by atoms with van der Waals surface area (Å²) in [6.07, 6.45) is 2.17. The average molecular weight is 334 g/mol. The van der Waals surface area contributed by atoms with Gasteiger partial charge in [0, 0.05) is 17.6 Å². The lowest BCUT2D eigenvalue weighted by Gasteiger charge is -2.29. The molecular formula is C13H18BrClN2O. The first-order valence-electron chi connectivity index (χ1n) is 5.86. The molecule has 2 rings (SSSR count). The van der Waals surface area contributed by atoms with Crippen LogP contribution in [0.4, 0.5) is 0 Å². The Balaban J connectivity index is 0.00000162. The first-order chi connectivity index (χ1) is 8.01. The van der Waals surface area contributed by atoms with Crippen molar-refractivity contribution in [3.8, 4) is 0 Å². The summed E-state index contributed by atoms with van der Waals surface area (Å²) in [5.41, 5.74) is 6.14. The van der Waals surface area contributed by atoms with Crippen LogP contribution >= 0.6 is 28.3 Å². The first kappa shape index (κ1) is 15.5. The molecule has 1 aromatic rings. The molecule has 0 spiro atoms. The van der Waals surface area contributed by atoms with E-state index in [1.54, 1.807) is 6.92 Å². The Morgan fingerprint density at radius 3 is 2.28 bits per heavy atom. The second-order valence-electron chi connectivity index (χ2n) is 4.71. The molecule has 1 unspecified atom stereocenters. The van der Waals surface area contributed by atoms with Crippen molar-refractivity contribution in [2.24, 2.45) is 5.73 Å². The summed E-state index contributed by atoms with van der Waals surface area (Å²) in [5.74, 6) is 0.0253. The lowest BCUT2D eigenvalue weighted by atomic mass is 9.92. The van der Waals surface area contributed by atoms with Crippen LogP contribution in [0.1, 0.15) is 25.3 Å². The molecule has 0 aliphatic carbocycles. The van der Waals surface area contributed by atoms with Gasteiger partial charge in [-0.15, -0.1) is 12.4 Å². The molecule has 5 heteroatoms. The zero-order valence-corrected chi connectivity index (χ0v) is 12.8. The molecule has 2 N–H and O–H groups in total. The monoisotopic (exact) mass is 332 g/mol. The maximum atomic E-state index is 12.3. The fourth-order valence-corrected chi connectivity index (χ4v) is 2.43. The lowest BCUT2D eigenvalue weighted by Crippen LogP contribution is -2.50. The topological polar surface area (TPSA) is 46.3 Å². The van der Waals surface area contributed by atoms with Crippen LogP contribution in [-0.2, 0) is 10.3 Å². The number of hydrogen-bond acceptors (Lipinski definition) is 2. The van der Waals surface area contributed by atoms with Crippen molar-refractivity contribution in [3.63, 3.8) is 0 Å². The molecule has 1 aliphatic heterocycles. The molecular weight excluding hydrogens is 316 g/mol. The molecule has 0 aromatic heterocycles. The van der Waals surface area contributed by atoms with Gasteiger partial charge in [-0.1, -0.05) is 28.1 Å². The van der Waals surface area contributed by atoms with Crippen LogP contribution < -0.4 is 5.73 Å². The molecule has 0 saturated carbocycles. The number of nitrogens with zero attached hydrogens (tertiary/aromatic N) is 1. The van der Waals surface area contributed by atoms with Crippen molar-refractivity contribution < 1.29 is 4.79 Å². The lowest BCUT2D eigenvalue weighted by molar-refractivity contribution is -0.135. The van der Waals surface area contributed by atoms with Crippen LogP contribution in [-0.4, -0.2) is 23.9 Å². The molecule has 18 heavy (non-hydrogen) atoms. The van der Waals surface area contributed by atoms with Gasteiger partial charge in [-0.2, -0.15) is 0 Å². The van der Waals surface area contributed by atoms with Gasteiger partial charge in [0.15, 0.2) is 0 Å². The van der Waals surface area contributed by atoms with Gasteiger partial charge in [0.25, 0.3) is 0 Å². The van der Waals surface area contributed by atoms with Crippen molar-refractivity contribution in [1.29, 1.82) is 0 Å². The fraction of sp³-hybridized carbons (Fsp3) is 0.462. The van der Waals surface area contributed by atoms with Gasteiger partial charge in [0.05, 0.1) is 0 Å². The van der Waals surface area contributed by atoms with E-state index in [1.165, 1.54) is 0 Å². The van der Waals surface area contributed by atoms with E-state index in [9.17, 15) is 4.79 Å². The minimum Gasteiger partial charge on any atom is -0.341 e. The van der Waals surface area contributed by atoms with Gasteiger partial charge in [-0.05, 0) is 37.5 Å². The number of likely N-dealkylation sites (tertiary alicyclic amines) is 1. The van der Waals surface area contributed by atoms with Crippen molar-refractivity contribution in [2.45, 2.75) is 25.3 Å². The number of benzene rings is 1. The van der Waals surface area contributed by atoms with Gasteiger partial charge in [-0.25, -0.2) is 0 Å². The van der Waals surface area contributed by atoms with Crippen molar-refractivity contribution >= 4 is 34.2 Å². The highest BCUT2D eigenvalue weighted by molar-refractivity contribution is 9.10. The largest absolute Gasteiger partial charge is 0.341 e. The first-order valence-corrected chi connectivity index (χ1v) is 6.65. The third-order valence-corrected chi connectivity index (χ3v) is 3.81. The highest BCUT2D eigenvalue weighted by Crippen LogP contribution is 2.24. The van der Waals surface area contributed by atoms with Gasteiger partial charge < -0.3 is 10.6 Å². The van der Waals surface area contributed by atoms with Gasteiger partial charge in [-0.3, -0.25) is 4.79 Å². The summed E-state index contributed by atoms with van der Waals surface area (Å²) < 4.78 is 0.991. The predicted molar refractivity (Wildman–Crippen MR) is 78.7 cm³/mol. The SMILES string of the molecule is CC(N)(C(=O)N1CCCC1)c1ccc(Br)cc1.Cl. The molecule has 0 radical (unpaired) electrons. The standard InChI is InChI=1S/C13H17BrN2O.ClH/c1-13(15,10-4-6-11(14)7-5-10)12(17)16-8-2-3-9-16;/h4-7H,2-3,8-9,15H2,1H3;1H. The fourth-order valence-electron chi connectivity index (χ4n) is 2.17. The molecule has 100 valence electrons. The Morgan fingerprint density at radius 1 is 1.28 bits per heavy atom. The van der Waals surface area contributed by atoms with Crippen LogP contribution in [0.2, 0.25) is 0 Å². The number of carbonyl (C=O) groups excluding carboxylic acids is 1. The summed E-state index contributed by atoms with van der Waals surface area (Å²) in [7, 11) is 0. The summed E-state index contributed by atoms with van der Waals surface area (Å²) >= 11 is 3.38. The van der Waals surface area contributed by atoms with Crippen molar-refractivity contribution in [3.05, 3.63) is 34.3 Å². The molecule has 1 heterocycles. The van der Waals surface area contributed by atoms with E-state index in [0.717, 1.165) is 36.0 Å². The number of halogens is 2. The minimum absolute atomic E-state index is 0. The van der Waals surface area contributed by atoms with Crippen LogP contribution in [0, 0.1) is 0 Å². The number of carbonyl (C=O) groups is 1. The Bertz CT molecular complexity index is 414. The summed E-state index contributed by atoms with van der Waals surface area (Å²) in [5, 5.41) is 0. The van der Waals surface area contributed by atoms with Crippen LogP contribution in [0.3, 0.4) is 0 Å². The number of nitrogens with two attached hydrogens (primary N) is 1. The van der Waals surface area contributed by atoms with Crippen molar-refractivity contribution in [2.75, 3.05) is 13.1 Å². The maximum Gasteiger partial charge on any atom is 0.246 e. The average Bonchev–Trinajstić information content (AvgIpc) is 2.82. The molecule has 1 saturated heterocycles. The smallest absolute Gasteiger partial charge is 0.246 e. The van der Waals surface area contributed by atoms with Gasteiger partial charge >= 0.3 is 0 Å². The third-order valence-electron chi connectivity index (χ3n) is 3.28. The van der Waals surface area contributed by atoms with E-state index in [0.29, 0.717) is 0 Å². The molecule has 1 fully saturated rings. The van der Waals surface area contributed by atoms with E-state index in [4.69, 9.17) is 5.73 Å². The molecule has 1 amide bonds. The maximum absolute atomic E-state index is 12.3. The minimum atomic E-state index is -0.926. The Kier molecular flexibility index (Phi) is 5.20. The van der Waals surface area contributed by atoms with Crippen LogP contribution in [0.15, 0.2) is 28.7 Å². The van der Waals surface area contributed by atoms with E-state index in [1.807, 2.05) is 29.2 Å². The van der Waals surface area contributed by atoms with Gasteiger partial charge in [0.2, 0.25) is 5.91 Å².